The molecule has 0 aromatic heterocycles. The standard InChI is InChI=1S/C19H22F2N2O4S/c20-15-5-7-17(8-6-15)28(25,26)23-11-9-22(10-12-23)13-16(24)14-27-19-4-2-1-3-18(19)21/h1-8,16,24H,9-14H2/p+1/t16-/m0/s1. The lowest BCUT2D eigenvalue weighted by molar-refractivity contribution is -0.906. The second-order valence-electron chi connectivity index (χ2n) is 6.71. The molecule has 0 amide bonds. The maximum atomic E-state index is 13.5. The van der Waals surface area contributed by atoms with Crippen molar-refractivity contribution in [2.24, 2.45) is 0 Å². The molecule has 3 rings (SSSR count). The van der Waals surface area contributed by atoms with E-state index in [1.165, 1.54) is 28.6 Å². The van der Waals surface area contributed by atoms with E-state index in [2.05, 4.69) is 0 Å². The molecule has 6 nitrogen and oxygen atoms in total. The predicted molar refractivity (Wildman–Crippen MR) is 98.6 cm³/mol. The first-order valence-corrected chi connectivity index (χ1v) is 10.4. The fourth-order valence-electron chi connectivity index (χ4n) is 3.14. The number of nitrogens with one attached hydrogen (secondary N) is 1. The smallest absolute Gasteiger partial charge is 0.243 e. The molecule has 9 heteroatoms. The van der Waals surface area contributed by atoms with Crippen LogP contribution in [0.3, 0.4) is 0 Å². The highest BCUT2D eigenvalue weighted by atomic mass is 32.2. The summed E-state index contributed by atoms with van der Waals surface area (Å²) >= 11 is 0. The van der Waals surface area contributed by atoms with Gasteiger partial charge in [-0.15, -0.1) is 0 Å². The molecule has 0 spiro atoms. The topological polar surface area (TPSA) is 71.3 Å². The van der Waals surface area contributed by atoms with Gasteiger partial charge in [-0.3, -0.25) is 0 Å². The summed E-state index contributed by atoms with van der Waals surface area (Å²) in [5, 5.41) is 10.1. The van der Waals surface area contributed by atoms with E-state index < -0.39 is 27.8 Å². The van der Waals surface area contributed by atoms with E-state index in [4.69, 9.17) is 4.74 Å². The number of piperazine rings is 1. The molecule has 28 heavy (non-hydrogen) atoms. The second-order valence-corrected chi connectivity index (χ2v) is 8.65. The SMILES string of the molecule is O=S(=O)(c1ccc(F)cc1)N1CC[NH+](C[C@H](O)COc2ccccc2F)CC1. The third kappa shape index (κ3) is 5.05. The quantitative estimate of drug-likeness (QED) is 0.685. The van der Waals surface area contributed by atoms with Crippen LogP contribution >= 0.6 is 0 Å². The van der Waals surface area contributed by atoms with Crippen LogP contribution in [-0.4, -0.2) is 63.3 Å². The van der Waals surface area contributed by atoms with Crippen molar-refractivity contribution >= 4 is 10.0 Å². The Morgan fingerprint density at radius 1 is 1.07 bits per heavy atom. The molecule has 1 saturated heterocycles. The monoisotopic (exact) mass is 413 g/mol. The van der Waals surface area contributed by atoms with E-state index in [1.807, 2.05) is 0 Å². The van der Waals surface area contributed by atoms with Gasteiger partial charge >= 0.3 is 0 Å². The van der Waals surface area contributed by atoms with Gasteiger partial charge in [-0.1, -0.05) is 12.1 Å². The van der Waals surface area contributed by atoms with Gasteiger partial charge in [-0.25, -0.2) is 17.2 Å². The number of hydrogen-bond acceptors (Lipinski definition) is 4. The van der Waals surface area contributed by atoms with Gasteiger partial charge in [0.2, 0.25) is 10.0 Å². The Kier molecular flexibility index (Phi) is 6.61. The summed E-state index contributed by atoms with van der Waals surface area (Å²) in [4.78, 5) is 1.10. The third-order valence-corrected chi connectivity index (χ3v) is 6.59. The van der Waals surface area contributed by atoms with E-state index in [0.29, 0.717) is 32.7 Å². The number of hydrogen-bond donors (Lipinski definition) is 2. The van der Waals surface area contributed by atoms with Gasteiger partial charge in [0.05, 0.1) is 31.1 Å². The van der Waals surface area contributed by atoms with Crippen LogP contribution in [0.1, 0.15) is 0 Å². The number of rotatable bonds is 7. The Hall–Kier alpha value is -2.07. The molecule has 1 fully saturated rings. The maximum absolute atomic E-state index is 13.5. The summed E-state index contributed by atoms with van der Waals surface area (Å²) in [6.07, 6.45) is -0.796. The Balaban J connectivity index is 1.48. The van der Waals surface area contributed by atoms with Crippen molar-refractivity contribution in [1.29, 1.82) is 0 Å². The van der Waals surface area contributed by atoms with Gasteiger partial charge in [-0.05, 0) is 36.4 Å². The predicted octanol–water partition coefficient (Wildman–Crippen LogP) is 0.294. The molecule has 0 radical (unpaired) electrons. The molecule has 1 heterocycles. The fourth-order valence-corrected chi connectivity index (χ4v) is 4.58. The van der Waals surface area contributed by atoms with Crippen LogP contribution in [0.2, 0.25) is 0 Å². The number of aliphatic hydroxyl groups is 1. The minimum absolute atomic E-state index is 0.0397. The van der Waals surface area contributed by atoms with Crippen molar-refractivity contribution in [1.82, 2.24) is 4.31 Å². The highest BCUT2D eigenvalue weighted by molar-refractivity contribution is 7.89. The van der Waals surface area contributed by atoms with Gasteiger partial charge in [0, 0.05) is 0 Å². The van der Waals surface area contributed by atoms with Gasteiger partial charge in [0.25, 0.3) is 0 Å². The minimum Gasteiger partial charge on any atom is -0.488 e. The van der Waals surface area contributed by atoms with Crippen molar-refractivity contribution in [2.75, 3.05) is 39.3 Å². The van der Waals surface area contributed by atoms with E-state index in [9.17, 15) is 22.3 Å². The molecule has 0 aliphatic carbocycles. The number of sulfonamides is 1. The van der Waals surface area contributed by atoms with Crippen LogP contribution in [0.15, 0.2) is 53.4 Å². The van der Waals surface area contributed by atoms with E-state index in [1.54, 1.807) is 12.1 Å². The molecule has 1 atom stereocenters. The summed E-state index contributed by atoms with van der Waals surface area (Å²) in [6.45, 7) is 1.99. The minimum atomic E-state index is -3.66. The van der Waals surface area contributed by atoms with Crippen LogP contribution in [0.25, 0.3) is 0 Å². The second kappa shape index (κ2) is 8.95. The molecule has 2 aromatic rings. The summed E-state index contributed by atoms with van der Waals surface area (Å²) in [7, 11) is -3.66. The van der Waals surface area contributed by atoms with E-state index in [0.717, 1.165) is 17.0 Å². The maximum Gasteiger partial charge on any atom is 0.243 e. The van der Waals surface area contributed by atoms with Crippen molar-refractivity contribution in [3.05, 3.63) is 60.2 Å². The molecule has 2 aromatic carbocycles. The normalized spacial score (nSPS) is 17.4. The Labute approximate surface area is 163 Å². The van der Waals surface area contributed by atoms with Gasteiger partial charge in [-0.2, -0.15) is 4.31 Å². The highest BCUT2D eigenvalue weighted by Crippen LogP contribution is 2.16. The first-order chi connectivity index (χ1) is 13.4. The van der Waals surface area contributed by atoms with Crippen LogP contribution in [-0.2, 0) is 10.0 Å². The summed E-state index contributed by atoms with van der Waals surface area (Å²) in [5.74, 6) is -0.881. The molecule has 0 unspecified atom stereocenters. The van der Waals surface area contributed by atoms with E-state index in [-0.39, 0.29) is 17.3 Å². The van der Waals surface area contributed by atoms with Crippen molar-refractivity contribution in [3.8, 4) is 5.75 Å². The first kappa shape index (κ1) is 20.7. The van der Waals surface area contributed by atoms with Crippen LogP contribution < -0.4 is 9.64 Å². The van der Waals surface area contributed by atoms with Crippen LogP contribution in [0.5, 0.6) is 5.75 Å². The summed E-state index contributed by atoms with van der Waals surface area (Å²) < 4.78 is 58.4. The summed E-state index contributed by atoms with van der Waals surface area (Å²) in [6, 6.07) is 10.8. The zero-order valence-corrected chi connectivity index (χ0v) is 16.0. The zero-order chi connectivity index (χ0) is 20.1. The Morgan fingerprint density at radius 3 is 2.36 bits per heavy atom. The number of quaternary nitrogens is 1. The molecular formula is C19H23F2N2O4S+. The first-order valence-electron chi connectivity index (χ1n) is 9.01. The Bertz CT molecular complexity index is 885. The molecule has 1 aliphatic rings. The number of halogens is 2. The van der Waals surface area contributed by atoms with Gasteiger partial charge < -0.3 is 14.7 Å². The number of para-hydroxylation sites is 1. The molecular weight excluding hydrogens is 390 g/mol. The Morgan fingerprint density at radius 2 is 1.71 bits per heavy atom. The van der Waals surface area contributed by atoms with Crippen molar-refractivity contribution < 1.29 is 31.9 Å². The van der Waals surface area contributed by atoms with Gasteiger partial charge in [0.15, 0.2) is 11.6 Å². The lowest BCUT2D eigenvalue weighted by Crippen LogP contribution is -3.15. The van der Waals surface area contributed by atoms with Crippen molar-refractivity contribution in [2.45, 2.75) is 11.0 Å². The number of aliphatic hydroxyl groups excluding tert-OH is 1. The number of benzene rings is 2. The van der Waals surface area contributed by atoms with Crippen LogP contribution in [0.4, 0.5) is 8.78 Å². The fraction of sp³-hybridized carbons (Fsp3) is 0.368. The van der Waals surface area contributed by atoms with E-state index >= 15 is 0 Å². The third-order valence-electron chi connectivity index (χ3n) is 4.67. The lowest BCUT2D eigenvalue weighted by atomic mass is 10.3. The molecule has 1 aliphatic heterocycles. The average Bonchev–Trinajstić information content (AvgIpc) is 2.68. The number of ether oxygens (including phenoxy) is 1. The molecule has 2 N–H and O–H groups in total. The van der Waals surface area contributed by atoms with Gasteiger partial charge in [0.1, 0.15) is 25.1 Å². The molecule has 0 bridgehead atoms. The highest BCUT2D eigenvalue weighted by Gasteiger charge is 2.31. The zero-order valence-electron chi connectivity index (χ0n) is 15.2. The average molecular weight is 413 g/mol. The molecule has 0 saturated carbocycles. The summed E-state index contributed by atoms with van der Waals surface area (Å²) in [5.41, 5.74) is 0. The number of nitrogens with zero attached hydrogens (tertiary/aromatic N) is 1. The van der Waals surface area contributed by atoms with Crippen molar-refractivity contribution in [3.63, 3.8) is 0 Å². The lowest BCUT2D eigenvalue weighted by Gasteiger charge is -2.32. The van der Waals surface area contributed by atoms with Crippen LogP contribution in [0, 0.1) is 11.6 Å². The molecule has 152 valence electrons. The largest absolute Gasteiger partial charge is 0.488 e.